The zero-order valence-corrected chi connectivity index (χ0v) is 20.0. The van der Waals surface area contributed by atoms with Crippen molar-refractivity contribution in [3.05, 3.63) is 46.6 Å². The highest BCUT2D eigenvalue weighted by Crippen LogP contribution is 2.35. The summed E-state index contributed by atoms with van der Waals surface area (Å²) in [6.45, 7) is 11.6. The molecule has 0 aromatic carbocycles. The topological polar surface area (TPSA) is 70.2 Å². The SMILES string of the molecule is Cc1cnc(Nc2cccc(C3CCCN3C(=O)CC3=CC(C)(C)NC(C)(C)C3)n2)s1. The van der Waals surface area contributed by atoms with Gasteiger partial charge in [-0.2, -0.15) is 0 Å². The molecule has 1 saturated heterocycles. The number of carbonyl (C=O) groups excluding carboxylic acids is 1. The lowest BCUT2D eigenvalue weighted by Gasteiger charge is -2.41. The molecule has 2 aliphatic rings. The number of rotatable bonds is 5. The van der Waals surface area contributed by atoms with Crippen molar-refractivity contribution in [2.45, 2.75) is 77.4 Å². The van der Waals surface area contributed by atoms with E-state index in [-0.39, 0.29) is 23.0 Å². The Morgan fingerprint density at radius 2 is 2.13 bits per heavy atom. The van der Waals surface area contributed by atoms with Gasteiger partial charge in [0.2, 0.25) is 5.91 Å². The third kappa shape index (κ3) is 5.33. The van der Waals surface area contributed by atoms with Crippen molar-refractivity contribution in [3.63, 3.8) is 0 Å². The van der Waals surface area contributed by atoms with Crippen LogP contribution in [-0.2, 0) is 4.79 Å². The standard InChI is InChI=1S/C24H33N5OS/c1-16-15-25-22(31-16)27-20-10-6-8-18(26-20)19-9-7-11-29(19)21(30)12-17-13-23(2,3)28-24(4,5)14-17/h6,8,10,13,15,19,28H,7,9,11-12,14H2,1-5H3,(H,25,26,27). The third-order valence-corrected chi connectivity index (χ3v) is 6.64. The number of amides is 1. The Kier molecular flexibility index (Phi) is 5.92. The molecule has 2 aliphatic heterocycles. The summed E-state index contributed by atoms with van der Waals surface area (Å²) in [5.41, 5.74) is 2.07. The second kappa shape index (κ2) is 8.36. The molecular weight excluding hydrogens is 406 g/mol. The molecule has 1 fully saturated rings. The van der Waals surface area contributed by atoms with Crippen LogP contribution in [0.25, 0.3) is 0 Å². The van der Waals surface area contributed by atoms with Gasteiger partial charge in [-0.05, 0) is 66.0 Å². The minimum absolute atomic E-state index is 0.00594. The zero-order chi connectivity index (χ0) is 22.2. The van der Waals surface area contributed by atoms with Gasteiger partial charge in [0.05, 0.1) is 11.7 Å². The summed E-state index contributed by atoms with van der Waals surface area (Å²) in [5.74, 6) is 0.980. The van der Waals surface area contributed by atoms with Crippen LogP contribution in [0.3, 0.4) is 0 Å². The zero-order valence-electron chi connectivity index (χ0n) is 19.2. The van der Waals surface area contributed by atoms with E-state index < -0.39 is 0 Å². The molecule has 4 rings (SSSR count). The van der Waals surface area contributed by atoms with E-state index >= 15 is 0 Å². The van der Waals surface area contributed by atoms with Crippen LogP contribution in [0.4, 0.5) is 10.9 Å². The largest absolute Gasteiger partial charge is 0.334 e. The molecule has 0 aliphatic carbocycles. The molecule has 4 heterocycles. The maximum atomic E-state index is 13.3. The number of hydrogen-bond acceptors (Lipinski definition) is 6. The van der Waals surface area contributed by atoms with Gasteiger partial charge in [0.25, 0.3) is 0 Å². The van der Waals surface area contributed by atoms with Gasteiger partial charge in [0.1, 0.15) is 5.82 Å². The fourth-order valence-electron chi connectivity index (χ4n) is 5.09. The first-order chi connectivity index (χ1) is 14.6. The number of thiazole rings is 1. The summed E-state index contributed by atoms with van der Waals surface area (Å²) in [5, 5.41) is 7.78. The molecule has 31 heavy (non-hydrogen) atoms. The maximum Gasteiger partial charge on any atom is 0.227 e. The first-order valence-corrected chi connectivity index (χ1v) is 11.9. The molecule has 2 aromatic heterocycles. The normalized spacial score (nSPS) is 22.3. The molecule has 0 bridgehead atoms. The molecule has 0 radical (unpaired) electrons. The number of likely N-dealkylation sites (tertiary alicyclic amines) is 1. The smallest absolute Gasteiger partial charge is 0.227 e. The first kappa shape index (κ1) is 22.0. The number of aryl methyl sites for hydroxylation is 1. The predicted molar refractivity (Wildman–Crippen MR) is 127 cm³/mol. The van der Waals surface area contributed by atoms with Crippen molar-refractivity contribution in [3.8, 4) is 0 Å². The Hall–Kier alpha value is -2.25. The molecule has 1 unspecified atom stereocenters. The van der Waals surface area contributed by atoms with Crippen LogP contribution in [0.15, 0.2) is 36.0 Å². The van der Waals surface area contributed by atoms with Gasteiger partial charge < -0.3 is 15.5 Å². The Morgan fingerprint density at radius 1 is 1.32 bits per heavy atom. The van der Waals surface area contributed by atoms with Crippen LogP contribution in [0.5, 0.6) is 0 Å². The van der Waals surface area contributed by atoms with E-state index in [1.165, 1.54) is 5.57 Å². The molecule has 0 saturated carbocycles. The van der Waals surface area contributed by atoms with E-state index in [1.807, 2.05) is 36.2 Å². The monoisotopic (exact) mass is 439 g/mol. The molecular formula is C24H33N5OS. The molecule has 166 valence electrons. The van der Waals surface area contributed by atoms with Crippen molar-refractivity contribution in [2.24, 2.45) is 0 Å². The molecule has 1 amide bonds. The molecule has 0 spiro atoms. The number of aromatic nitrogens is 2. The average molecular weight is 440 g/mol. The number of carbonyl (C=O) groups is 1. The quantitative estimate of drug-likeness (QED) is 0.633. The van der Waals surface area contributed by atoms with Crippen LogP contribution < -0.4 is 10.6 Å². The summed E-state index contributed by atoms with van der Waals surface area (Å²) in [6, 6.07) is 6.03. The highest BCUT2D eigenvalue weighted by molar-refractivity contribution is 7.15. The van der Waals surface area contributed by atoms with Gasteiger partial charge >= 0.3 is 0 Å². The summed E-state index contributed by atoms with van der Waals surface area (Å²) in [4.78, 5) is 25.7. The van der Waals surface area contributed by atoms with Crippen LogP contribution in [0.2, 0.25) is 0 Å². The van der Waals surface area contributed by atoms with Crippen LogP contribution >= 0.6 is 11.3 Å². The minimum Gasteiger partial charge on any atom is -0.334 e. The number of anilines is 2. The van der Waals surface area contributed by atoms with Gasteiger partial charge in [-0.1, -0.05) is 17.7 Å². The van der Waals surface area contributed by atoms with E-state index in [0.717, 1.165) is 47.3 Å². The second-order valence-electron chi connectivity index (χ2n) is 9.98. The second-order valence-corrected chi connectivity index (χ2v) is 11.2. The Bertz CT molecular complexity index is 993. The predicted octanol–water partition coefficient (Wildman–Crippen LogP) is 5.12. The highest BCUT2D eigenvalue weighted by atomic mass is 32.1. The summed E-state index contributed by atoms with van der Waals surface area (Å²) in [6.07, 6.45) is 7.44. The van der Waals surface area contributed by atoms with Gasteiger partial charge in [-0.3, -0.25) is 4.79 Å². The molecule has 2 aromatic rings. The van der Waals surface area contributed by atoms with E-state index in [1.54, 1.807) is 11.3 Å². The number of nitrogens with one attached hydrogen (secondary N) is 2. The van der Waals surface area contributed by atoms with Crippen molar-refractivity contribution in [1.29, 1.82) is 0 Å². The summed E-state index contributed by atoms with van der Waals surface area (Å²) >= 11 is 1.61. The highest BCUT2D eigenvalue weighted by Gasteiger charge is 2.35. The van der Waals surface area contributed by atoms with Gasteiger partial charge in [-0.25, -0.2) is 9.97 Å². The van der Waals surface area contributed by atoms with Crippen molar-refractivity contribution in [2.75, 3.05) is 11.9 Å². The van der Waals surface area contributed by atoms with Crippen LogP contribution in [0.1, 0.15) is 70.0 Å². The van der Waals surface area contributed by atoms with E-state index in [9.17, 15) is 4.79 Å². The number of nitrogens with zero attached hydrogens (tertiary/aromatic N) is 3. The number of pyridine rings is 1. The fourth-order valence-corrected chi connectivity index (χ4v) is 5.76. The van der Waals surface area contributed by atoms with E-state index in [0.29, 0.717) is 6.42 Å². The van der Waals surface area contributed by atoms with E-state index in [2.05, 4.69) is 49.4 Å². The van der Waals surface area contributed by atoms with Crippen molar-refractivity contribution < 1.29 is 4.79 Å². The maximum absolute atomic E-state index is 13.3. The van der Waals surface area contributed by atoms with Crippen molar-refractivity contribution in [1.82, 2.24) is 20.2 Å². The molecule has 7 heteroatoms. The lowest BCUT2D eigenvalue weighted by Crippen LogP contribution is -2.54. The Morgan fingerprint density at radius 3 is 2.84 bits per heavy atom. The molecule has 1 atom stereocenters. The first-order valence-electron chi connectivity index (χ1n) is 11.1. The Labute approximate surface area is 189 Å². The summed E-state index contributed by atoms with van der Waals surface area (Å²) < 4.78 is 0. The molecule has 2 N–H and O–H groups in total. The van der Waals surface area contributed by atoms with Gasteiger partial charge in [0, 0.05) is 35.1 Å². The summed E-state index contributed by atoms with van der Waals surface area (Å²) in [7, 11) is 0. The average Bonchev–Trinajstić information content (AvgIpc) is 3.28. The lowest BCUT2D eigenvalue weighted by atomic mass is 9.82. The minimum atomic E-state index is -0.0997. The fraction of sp³-hybridized carbons (Fsp3) is 0.542. The lowest BCUT2D eigenvalue weighted by molar-refractivity contribution is -0.131. The van der Waals surface area contributed by atoms with E-state index in [4.69, 9.17) is 4.98 Å². The third-order valence-electron chi connectivity index (χ3n) is 5.81. The van der Waals surface area contributed by atoms with Crippen LogP contribution in [-0.4, -0.2) is 38.4 Å². The molecule has 6 nitrogen and oxygen atoms in total. The van der Waals surface area contributed by atoms with Gasteiger partial charge in [0.15, 0.2) is 5.13 Å². The Balaban J connectivity index is 1.48. The van der Waals surface area contributed by atoms with Crippen molar-refractivity contribution >= 4 is 28.2 Å². The number of hydrogen-bond donors (Lipinski definition) is 2. The van der Waals surface area contributed by atoms with Gasteiger partial charge in [-0.15, -0.1) is 11.3 Å². The van der Waals surface area contributed by atoms with Crippen LogP contribution in [0, 0.1) is 6.92 Å².